The molecule has 2 aromatic carbocycles. The van der Waals surface area contributed by atoms with Crippen LogP contribution in [0.5, 0.6) is 0 Å². The van der Waals surface area contributed by atoms with E-state index in [1.807, 2.05) is 12.1 Å². The Hall–Kier alpha value is -2.71. The minimum absolute atomic E-state index is 0.0876. The van der Waals surface area contributed by atoms with Crippen molar-refractivity contribution in [1.29, 1.82) is 0 Å². The van der Waals surface area contributed by atoms with Crippen molar-refractivity contribution in [1.82, 2.24) is 10.2 Å². The molecule has 0 spiro atoms. The van der Waals surface area contributed by atoms with Crippen LogP contribution in [-0.2, 0) is 11.0 Å². The van der Waals surface area contributed by atoms with Crippen molar-refractivity contribution in [2.45, 2.75) is 25.8 Å². The Morgan fingerprint density at radius 1 is 1.22 bits per heavy atom. The van der Waals surface area contributed by atoms with Gasteiger partial charge in [0.15, 0.2) is 0 Å². The third kappa shape index (κ3) is 4.04. The van der Waals surface area contributed by atoms with E-state index in [0.717, 1.165) is 37.2 Å². The maximum atomic E-state index is 13.5. The van der Waals surface area contributed by atoms with Gasteiger partial charge >= 0.3 is 0 Å². The molecule has 4 rings (SSSR count). The highest BCUT2D eigenvalue weighted by Gasteiger charge is 2.28. The highest BCUT2D eigenvalue weighted by Crippen LogP contribution is 2.40. The van der Waals surface area contributed by atoms with Gasteiger partial charge in [0.1, 0.15) is 28.1 Å². The molecule has 0 aliphatic carbocycles. The van der Waals surface area contributed by atoms with Crippen LogP contribution in [0.2, 0.25) is 0 Å². The van der Waals surface area contributed by atoms with Gasteiger partial charge in [0, 0.05) is 43.4 Å². The van der Waals surface area contributed by atoms with Gasteiger partial charge in [-0.2, -0.15) is 0 Å². The fourth-order valence-corrected chi connectivity index (χ4v) is 4.81. The Labute approximate surface area is 190 Å². The number of likely N-dealkylation sites (tertiary alicyclic amines) is 1. The molecule has 3 aromatic rings. The molecule has 1 unspecified atom stereocenters. The first-order chi connectivity index (χ1) is 15.3. The Morgan fingerprint density at radius 3 is 2.47 bits per heavy atom. The fraction of sp³-hybridized carbons (Fsp3) is 0.375. The van der Waals surface area contributed by atoms with Gasteiger partial charge in [-0.1, -0.05) is 0 Å². The summed E-state index contributed by atoms with van der Waals surface area (Å²) in [4.78, 5) is 15.3. The number of rotatable bonds is 6. The Morgan fingerprint density at radius 2 is 1.88 bits per heavy atom. The maximum Gasteiger partial charge on any atom is 0.255 e. The molecule has 170 valence electrons. The molecule has 0 bridgehead atoms. The second-order valence-corrected chi connectivity index (χ2v) is 9.53. The van der Waals surface area contributed by atoms with E-state index in [9.17, 15) is 13.4 Å². The molecular formula is C24H28FN3O3S. The van der Waals surface area contributed by atoms with Crippen molar-refractivity contribution in [3.8, 4) is 11.3 Å². The van der Waals surface area contributed by atoms with Crippen LogP contribution in [0.1, 0.15) is 41.7 Å². The number of hydrogen-bond acceptors (Lipinski definition) is 4. The Balaban J connectivity index is 1.97. The number of carbonyl (C=O) groups excluding carboxylic acids is 1. The van der Waals surface area contributed by atoms with E-state index in [0.29, 0.717) is 27.9 Å². The minimum atomic E-state index is -1.23. The second kappa shape index (κ2) is 9.03. The zero-order valence-electron chi connectivity index (χ0n) is 18.8. The number of nitrogens with zero attached hydrogens (tertiary/aromatic N) is 2. The number of furan rings is 1. The quantitative estimate of drug-likeness (QED) is 0.593. The lowest BCUT2D eigenvalue weighted by molar-refractivity contribution is 0.0964. The second-order valence-electron chi connectivity index (χ2n) is 8.14. The highest BCUT2D eigenvalue weighted by molar-refractivity contribution is 7.85. The molecule has 1 N–H and O–H groups in total. The first-order valence-corrected chi connectivity index (χ1v) is 12.2. The van der Waals surface area contributed by atoms with Crippen molar-refractivity contribution in [3.63, 3.8) is 0 Å². The molecule has 8 heteroatoms. The van der Waals surface area contributed by atoms with Crippen LogP contribution in [0.15, 0.2) is 40.8 Å². The van der Waals surface area contributed by atoms with Crippen molar-refractivity contribution < 1.29 is 17.8 Å². The van der Waals surface area contributed by atoms with Crippen LogP contribution in [-0.4, -0.2) is 48.5 Å². The number of benzene rings is 2. The van der Waals surface area contributed by atoms with E-state index >= 15 is 0 Å². The summed E-state index contributed by atoms with van der Waals surface area (Å²) in [5, 5.41) is 3.38. The van der Waals surface area contributed by atoms with Crippen LogP contribution in [0.3, 0.4) is 0 Å². The first-order valence-electron chi connectivity index (χ1n) is 10.7. The summed E-state index contributed by atoms with van der Waals surface area (Å²) in [6.45, 7) is 4.15. The summed E-state index contributed by atoms with van der Waals surface area (Å²) in [6, 6.07) is 9.82. The van der Waals surface area contributed by atoms with Gasteiger partial charge in [0.2, 0.25) is 0 Å². The molecule has 0 saturated carbocycles. The van der Waals surface area contributed by atoms with E-state index in [1.54, 1.807) is 36.8 Å². The molecule has 1 amide bonds. The average molecular weight is 458 g/mol. The molecule has 2 atom stereocenters. The number of amides is 1. The maximum absolute atomic E-state index is 13.5. The van der Waals surface area contributed by atoms with Gasteiger partial charge in [0.05, 0.1) is 11.3 Å². The monoisotopic (exact) mass is 457 g/mol. The van der Waals surface area contributed by atoms with Gasteiger partial charge in [-0.15, -0.1) is 0 Å². The molecule has 1 aliphatic rings. The SMILES string of the molecule is CNC(=O)c1c(-c2ccc(F)cc2)oc2cc(N(C)S(C)=O)c([C@@H](C)N3CCCC3)cc12. The van der Waals surface area contributed by atoms with Gasteiger partial charge in [-0.25, -0.2) is 8.60 Å². The summed E-state index contributed by atoms with van der Waals surface area (Å²) in [5.41, 5.74) is 3.35. The van der Waals surface area contributed by atoms with Crippen LogP contribution >= 0.6 is 0 Å². The molecule has 32 heavy (non-hydrogen) atoms. The summed E-state index contributed by atoms with van der Waals surface area (Å²) in [7, 11) is 2.14. The third-order valence-electron chi connectivity index (χ3n) is 6.26. The summed E-state index contributed by atoms with van der Waals surface area (Å²) >= 11 is 0. The van der Waals surface area contributed by atoms with E-state index in [-0.39, 0.29) is 17.8 Å². The number of halogens is 1. The smallest absolute Gasteiger partial charge is 0.255 e. The lowest BCUT2D eigenvalue weighted by Gasteiger charge is -2.29. The molecule has 1 aromatic heterocycles. The van der Waals surface area contributed by atoms with Crippen LogP contribution < -0.4 is 9.62 Å². The van der Waals surface area contributed by atoms with Crippen molar-refractivity contribution in [2.24, 2.45) is 0 Å². The van der Waals surface area contributed by atoms with Crippen LogP contribution in [0.25, 0.3) is 22.3 Å². The van der Waals surface area contributed by atoms with Crippen molar-refractivity contribution in [2.75, 3.05) is 37.7 Å². The topological polar surface area (TPSA) is 65.8 Å². The summed E-state index contributed by atoms with van der Waals surface area (Å²) < 4.78 is 33.7. The fourth-order valence-electron chi connectivity index (χ4n) is 4.38. The van der Waals surface area contributed by atoms with Crippen LogP contribution in [0.4, 0.5) is 10.1 Å². The number of hydrogen-bond donors (Lipinski definition) is 1. The molecule has 1 saturated heterocycles. The third-order valence-corrected chi connectivity index (χ3v) is 7.23. The van der Waals surface area contributed by atoms with Gasteiger partial charge in [-0.3, -0.25) is 14.0 Å². The van der Waals surface area contributed by atoms with Gasteiger partial charge in [0.25, 0.3) is 5.91 Å². The zero-order valence-corrected chi connectivity index (χ0v) is 19.6. The van der Waals surface area contributed by atoms with Gasteiger partial charge < -0.3 is 9.73 Å². The normalized spacial score (nSPS) is 16.3. The highest BCUT2D eigenvalue weighted by atomic mass is 32.2. The van der Waals surface area contributed by atoms with Crippen molar-refractivity contribution >= 4 is 33.5 Å². The average Bonchev–Trinajstić information content (AvgIpc) is 3.45. The first kappa shape index (κ1) is 22.5. The standard InChI is InChI=1S/C24H28FN3O3S/c1-15(28-11-5-6-12-28)18-13-19-21(14-20(18)27(3)32(4)30)31-23(22(19)24(29)26-2)16-7-9-17(25)10-8-16/h7-10,13-15H,5-6,11-12H2,1-4H3,(H,26,29)/t15-,32?/m1/s1. The van der Waals surface area contributed by atoms with Crippen molar-refractivity contribution in [3.05, 3.63) is 53.3 Å². The Bertz CT molecular complexity index is 1170. The molecule has 0 radical (unpaired) electrons. The lowest BCUT2D eigenvalue weighted by Crippen LogP contribution is -2.27. The molecule has 2 heterocycles. The van der Waals surface area contributed by atoms with E-state index in [4.69, 9.17) is 4.42 Å². The Kier molecular flexibility index (Phi) is 6.35. The van der Waals surface area contributed by atoms with Gasteiger partial charge in [-0.05, 0) is 68.8 Å². The minimum Gasteiger partial charge on any atom is -0.455 e. The predicted molar refractivity (Wildman–Crippen MR) is 127 cm³/mol. The largest absolute Gasteiger partial charge is 0.455 e. The summed E-state index contributed by atoms with van der Waals surface area (Å²) in [6.07, 6.45) is 3.94. The molecule has 6 nitrogen and oxygen atoms in total. The number of nitrogens with one attached hydrogen (secondary N) is 1. The molecule has 1 fully saturated rings. The number of anilines is 1. The van der Waals surface area contributed by atoms with Crippen LogP contribution in [0, 0.1) is 5.82 Å². The summed E-state index contributed by atoms with van der Waals surface area (Å²) in [5.74, 6) is -0.248. The zero-order chi connectivity index (χ0) is 23.0. The predicted octanol–water partition coefficient (Wildman–Crippen LogP) is 4.49. The van der Waals surface area contributed by atoms with E-state index in [1.165, 1.54) is 12.1 Å². The van der Waals surface area contributed by atoms with E-state index < -0.39 is 11.0 Å². The number of carbonyl (C=O) groups is 1. The lowest BCUT2D eigenvalue weighted by atomic mass is 9.99. The van der Waals surface area contributed by atoms with E-state index in [2.05, 4.69) is 17.1 Å². The molecular weight excluding hydrogens is 429 g/mol. The number of fused-ring (bicyclic) bond motifs is 1. The molecule has 1 aliphatic heterocycles.